The van der Waals surface area contributed by atoms with E-state index in [0.717, 1.165) is 29.7 Å². The number of ether oxygens (including phenoxy) is 1. The number of aryl methyl sites for hydroxylation is 1. The maximum absolute atomic E-state index is 13.8. The molecule has 0 fully saturated rings. The number of phenols is 1. The Morgan fingerprint density at radius 1 is 0.736 bits per heavy atom. The molecule has 276 valence electrons. The largest absolute Gasteiger partial charge is 0.506 e. The maximum atomic E-state index is 13.8. The number of phenolic OH excluding ortho intramolecular Hbond substituents is 1. The van der Waals surface area contributed by atoms with Crippen molar-refractivity contribution in [2.24, 2.45) is 10.2 Å². The van der Waals surface area contributed by atoms with Crippen LogP contribution in [0, 0.1) is 0 Å². The number of benzene rings is 5. The Bertz CT molecular complexity index is 2080. The number of amides is 1. The third-order valence-corrected chi connectivity index (χ3v) is 10.7. The summed E-state index contributed by atoms with van der Waals surface area (Å²) in [4.78, 5) is 27.0. The van der Waals surface area contributed by atoms with Crippen LogP contribution in [0.25, 0.3) is 10.8 Å². The number of Topliss-reactive ketones (excluding diaryl/α,β-unsaturated/α-hetero) is 1. The quantitative estimate of drug-likeness (QED) is 0.0786. The zero-order valence-electron chi connectivity index (χ0n) is 32.2. The monoisotopic (exact) mass is 711 g/mol. The molecule has 1 unspecified atom stereocenters. The lowest BCUT2D eigenvalue weighted by atomic mass is 9.76. The van der Waals surface area contributed by atoms with Crippen LogP contribution < -0.4 is 10.1 Å². The van der Waals surface area contributed by atoms with Crippen LogP contribution in [0.3, 0.4) is 0 Å². The van der Waals surface area contributed by atoms with Gasteiger partial charge in [-0.25, -0.2) is 0 Å². The summed E-state index contributed by atoms with van der Waals surface area (Å²) in [5.41, 5.74) is 4.87. The highest BCUT2D eigenvalue weighted by Crippen LogP contribution is 2.40. The van der Waals surface area contributed by atoms with Gasteiger partial charge in [0, 0.05) is 28.3 Å². The van der Waals surface area contributed by atoms with E-state index in [1.165, 1.54) is 5.56 Å². The molecule has 5 aromatic carbocycles. The van der Waals surface area contributed by atoms with Crippen LogP contribution in [-0.4, -0.2) is 29.4 Å². The van der Waals surface area contributed by atoms with Gasteiger partial charge < -0.3 is 15.2 Å². The molecule has 0 saturated carbocycles. The van der Waals surface area contributed by atoms with Crippen molar-refractivity contribution in [3.05, 3.63) is 131 Å². The number of hydrogen-bond acceptors (Lipinski definition) is 6. The number of nitrogens with zero attached hydrogens (tertiary/aromatic N) is 2. The van der Waals surface area contributed by atoms with E-state index in [-0.39, 0.29) is 40.6 Å². The van der Waals surface area contributed by atoms with Crippen molar-refractivity contribution in [3.63, 3.8) is 0 Å². The van der Waals surface area contributed by atoms with Gasteiger partial charge in [-0.15, -0.1) is 10.2 Å². The minimum atomic E-state index is -0.447. The summed E-state index contributed by atoms with van der Waals surface area (Å²) in [6.45, 7) is 15.7. The van der Waals surface area contributed by atoms with E-state index in [1.54, 1.807) is 30.3 Å². The van der Waals surface area contributed by atoms with Crippen molar-refractivity contribution < 1.29 is 19.4 Å². The zero-order valence-corrected chi connectivity index (χ0v) is 32.2. The van der Waals surface area contributed by atoms with Gasteiger partial charge in [0.05, 0.1) is 23.5 Å². The average molecular weight is 712 g/mol. The minimum absolute atomic E-state index is 0.0298. The summed E-state index contributed by atoms with van der Waals surface area (Å²) >= 11 is 0. The van der Waals surface area contributed by atoms with E-state index < -0.39 is 5.91 Å². The van der Waals surface area contributed by atoms with Crippen molar-refractivity contribution in [3.8, 4) is 11.5 Å². The molecule has 0 spiro atoms. The fourth-order valence-electron chi connectivity index (χ4n) is 6.27. The Morgan fingerprint density at radius 2 is 1.38 bits per heavy atom. The molecule has 0 aliphatic carbocycles. The second-order valence-corrected chi connectivity index (χ2v) is 15.0. The first kappa shape index (κ1) is 38.9. The summed E-state index contributed by atoms with van der Waals surface area (Å²) in [7, 11) is 0. The Hall–Kier alpha value is -5.30. The zero-order chi connectivity index (χ0) is 38.2. The standard InChI is InChI=1S/C46H53N3O4/c1-8-33(53-42-27-25-32(45(4,5)9-2)28-38(42)46(6,7)10-3)30-47-44(52)37-29-40(34-20-14-15-21-35(34)43(37)51)49-48-39-23-17-16-22-36(39)41(50)26-24-31-18-12-11-13-19-31/h11-23,25,27-29,33,51H,8-10,24,26,30H2,1-7H3,(H,47,52). The van der Waals surface area contributed by atoms with Gasteiger partial charge in [0.1, 0.15) is 17.6 Å². The molecule has 0 aliphatic heterocycles. The van der Waals surface area contributed by atoms with Crippen molar-refractivity contribution in [1.29, 1.82) is 0 Å². The molecule has 7 heteroatoms. The number of rotatable bonds is 16. The number of fused-ring (bicyclic) bond motifs is 1. The molecule has 1 amide bonds. The molecule has 53 heavy (non-hydrogen) atoms. The highest BCUT2D eigenvalue weighted by atomic mass is 16.5. The van der Waals surface area contributed by atoms with E-state index in [0.29, 0.717) is 47.0 Å². The number of nitrogens with one attached hydrogen (secondary N) is 1. The first-order valence-electron chi connectivity index (χ1n) is 18.8. The van der Waals surface area contributed by atoms with Gasteiger partial charge in [0.25, 0.3) is 5.91 Å². The first-order chi connectivity index (χ1) is 25.4. The topological polar surface area (TPSA) is 100 Å². The Kier molecular flexibility index (Phi) is 12.5. The van der Waals surface area contributed by atoms with Gasteiger partial charge in [-0.3, -0.25) is 9.59 Å². The van der Waals surface area contributed by atoms with Gasteiger partial charge in [-0.05, 0) is 71.9 Å². The number of azo groups is 1. The van der Waals surface area contributed by atoms with Crippen molar-refractivity contribution in [2.75, 3.05) is 6.54 Å². The van der Waals surface area contributed by atoms with E-state index >= 15 is 0 Å². The number of carbonyl (C=O) groups is 2. The van der Waals surface area contributed by atoms with E-state index in [1.807, 2.05) is 61.5 Å². The van der Waals surface area contributed by atoms with Crippen molar-refractivity contribution >= 4 is 33.8 Å². The van der Waals surface area contributed by atoms with Crippen molar-refractivity contribution in [2.45, 2.75) is 97.5 Å². The second kappa shape index (κ2) is 17.0. The van der Waals surface area contributed by atoms with Crippen LogP contribution in [0.1, 0.15) is 112 Å². The van der Waals surface area contributed by atoms with E-state index in [4.69, 9.17) is 4.74 Å². The summed E-state index contributed by atoms with van der Waals surface area (Å²) in [5.74, 6) is 0.211. The molecule has 5 rings (SSSR count). The molecule has 2 N–H and O–H groups in total. The summed E-state index contributed by atoms with van der Waals surface area (Å²) < 4.78 is 6.62. The Balaban J connectivity index is 1.37. The Labute approximate surface area is 314 Å². The smallest absolute Gasteiger partial charge is 0.255 e. The van der Waals surface area contributed by atoms with E-state index in [2.05, 4.69) is 75.3 Å². The average Bonchev–Trinajstić information content (AvgIpc) is 3.18. The van der Waals surface area contributed by atoms with Gasteiger partial charge >= 0.3 is 0 Å². The SMILES string of the molecule is CCC(CNC(=O)c1cc(N=Nc2ccccc2C(=O)CCc2ccccc2)c2ccccc2c1O)Oc1ccc(C(C)(C)CC)cc1C(C)(C)CC. The molecular formula is C46H53N3O4. The normalized spacial score (nSPS) is 12.6. The molecular weight excluding hydrogens is 659 g/mol. The van der Waals surface area contributed by atoms with Crippen LogP contribution in [0.5, 0.6) is 11.5 Å². The number of hydrogen-bond donors (Lipinski definition) is 2. The lowest BCUT2D eigenvalue weighted by Gasteiger charge is -2.31. The van der Waals surface area contributed by atoms with Crippen LogP contribution in [0.15, 0.2) is 113 Å². The third-order valence-electron chi connectivity index (χ3n) is 10.7. The molecule has 1 atom stereocenters. The lowest BCUT2D eigenvalue weighted by Crippen LogP contribution is -2.35. The summed E-state index contributed by atoms with van der Waals surface area (Å²) in [6, 6.07) is 32.3. The molecule has 0 heterocycles. The lowest BCUT2D eigenvalue weighted by molar-refractivity contribution is 0.0921. The summed E-state index contributed by atoms with van der Waals surface area (Å²) in [6.07, 6.45) is 3.30. The minimum Gasteiger partial charge on any atom is -0.506 e. The molecule has 0 radical (unpaired) electrons. The van der Waals surface area contributed by atoms with Crippen LogP contribution in [-0.2, 0) is 17.3 Å². The molecule has 0 saturated heterocycles. The predicted molar refractivity (Wildman–Crippen MR) is 215 cm³/mol. The van der Waals surface area contributed by atoms with Gasteiger partial charge in [0.2, 0.25) is 0 Å². The van der Waals surface area contributed by atoms with Crippen LogP contribution >= 0.6 is 0 Å². The van der Waals surface area contributed by atoms with Crippen LogP contribution in [0.2, 0.25) is 0 Å². The highest BCUT2D eigenvalue weighted by molar-refractivity contribution is 6.07. The fourth-order valence-corrected chi connectivity index (χ4v) is 6.27. The number of carbonyl (C=O) groups excluding carboxylic acids is 2. The molecule has 0 bridgehead atoms. The molecule has 0 aromatic heterocycles. The first-order valence-corrected chi connectivity index (χ1v) is 18.8. The molecule has 5 aromatic rings. The van der Waals surface area contributed by atoms with E-state index in [9.17, 15) is 14.7 Å². The highest BCUT2D eigenvalue weighted by Gasteiger charge is 2.28. The number of ketones is 1. The number of aromatic hydroxyl groups is 1. The maximum Gasteiger partial charge on any atom is 0.255 e. The second-order valence-electron chi connectivity index (χ2n) is 15.0. The summed E-state index contributed by atoms with van der Waals surface area (Å²) in [5, 5.41) is 24.5. The molecule has 0 aliphatic rings. The fraction of sp³-hybridized carbons (Fsp3) is 0.348. The van der Waals surface area contributed by atoms with Crippen molar-refractivity contribution in [1.82, 2.24) is 5.32 Å². The Morgan fingerprint density at radius 3 is 2.08 bits per heavy atom. The van der Waals surface area contributed by atoms with Crippen LogP contribution in [0.4, 0.5) is 11.4 Å². The van der Waals surface area contributed by atoms with Gasteiger partial charge in [-0.2, -0.15) is 0 Å². The third kappa shape index (κ3) is 9.20. The predicted octanol–water partition coefficient (Wildman–Crippen LogP) is 11.7. The van der Waals surface area contributed by atoms with Gasteiger partial charge in [-0.1, -0.05) is 127 Å². The van der Waals surface area contributed by atoms with Gasteiger partial charge in [0.15, 0.2) is 5.78 Å². The molecule has 7 nitrogen and oxygen atoms in total.